The van der Waals surface area contributed by atoms with Gasteiger partial charge in [-0.3, -0.25) is 0 Å². The first-order valence-corrected chi connectivity index (χ1v) is 8.65. The van der Waals surface area contributed by atoms with Crippen LogP contribution in [0.5, 0.6) is 0 Å². The van der Waals surface area contributed by atoms with E-state index in [1.165, 1.54) is 25.7 Å². The van der Waals surface area contributed by atoms with Gasteiger partial charge in [-0.1, -0.05) is 44.9 Å². The minimum Gasteiger partial charge on any atom is -0.386 e. The van der Waals surface area contributed by atoms with Crippen molar-refractivity contribution in [2.24, 2.45) is 22.7 Å². The molecule has 2 unspecified atom stereocenters. The van der Waals surface area contributed by atoms with E-state index in [9.17, 15) is 5.11 Å². The fourth-order valence-corrected chi connectivity index (χ4v) is 5.23. The molecule has 120 valence electrons. The molecule has 0 spiro atoms. The van der Waals surface area contributed by atoms with E-state index < -0.39 is 5.60 Å². The Kier molecular flexibility index (Phi) is 4.46. The molecule has 4 atom stereocenters. The smallest absolute Gasteiger partial charge is 0.0797 e. The first-order chi connectivity index (χ1) is 9.62. The van der Waals surface area contributed by atoms with Crippen LogP contribution in [0, 0.1) is 22.7 Å². The number of hydrogen-bond acceptors (Lipinski definition) is 1. The van der Waals surface area contributed by atoms with Crippen molar-refractivity contribution in [3.63, 3.8) is 0 Å². The third kappa shape index (κ3) is 3.13. The summed E-state index contributed by atoms with van der Waals surface area (Å²) < 4.78 is 0. The molecule has 1 nitrogen and oxygen atoms in total. The molecular weight excluding hydrogens is 256 g/mol. The van der Waals surface area contributed by atoms with E-state index in [0.717, 1.165) is 18.8 Å². The van der Waals surface area contributed by atoms with Gasteiger partial charge in [0.25, 0.3) is 0 Å². The van der Waals surface area contributed by atoms with Crippen LogP contribution in [0.2, 0.25) is 0 Å². The molecule has 1 fully saturated rings. The standard InChI is InChI=1S/C20H34O/c1-7-19(5,21)14-11-16-15(2)9-10-17-18(3,4)12-8-13-20(16,17)6/h7,9,16-17,21H,1,8,10-14H2,2-6H3/t16-,17?,19?,20+/m0/s1. The summed E-state index contributed by atoms with van der Waals surface area (Å²) in [7, 11) is 0. The Labute approximate surface area is 131 Å². The van der Waals surface area contributed by atoms with Gasteiger partial charge in [0, 0.05) is 0 Å². The minimum atomic E-state index is -0.728. The van der Waals surface area contributed by atoms with Crippen LogP contribution in [0.3, 0.4) is 0 Å². The van der Waals surface area contributed by atoms with Crippen LogP contribution in [-0.4, -0.2) is 10.7 Å². The first-order valence-electron chi connectivity index (χ1n) is 8.65. The van der Waals surface area contributed by atoms with E-state index in [1.54, 1.807) is 11.6 Å². The normalized spacial score (nSPS) is 38.1. The number of rotatable bonds is 4. The van der Waals surface area contributed by atoms with Crippen molar-refractivity contribution in [2.45, 2.75) is 78.7 Å². The van der Waals surface area contributed by atoms with E-state index in [2.05, 4.69) is 40.3 Å². The number of hydrogen-bond donors (Lipinski definition) is 1. The summed E-state index contributed by atoms with van der Waals surface area (Å²) in [5.74, 6) is 1.39. The van der Waals surface area contributed by atoms with Crippen molar-refractivity contribution in [1.29, 1.82) is 0 Å². The Morgan fingerprint density at radius 3 is 2.67 bits per heavy atom. The quantitative estimate of drug-likeness (QED) is 0.678. The third-order valence-electron chi connectivity index (χ3n) is 6.68. The van der Waals surface area contributed by atoms with Crippen molar-refractivity contribution in [3.8, 4) is 0 Å². The van der Waals surface area contributed by atoms with Gasteiger partial charge < -0.3 is 5.11 Å². The molecule has 1 heteroatoms. The second-order valence-corrected chi connectivity index (χ2v) is 8.74. The molecule has 0 saturated heterocycles. The molecular formula is C20H34O. The van der Waals surface area contributed by atoms with Gasteiger partial charge in [-0.15, -0.1) is 6.58 Å². The van der Waals surface area contributed by atoms with Gasteiger partial charge in [0.1, 0.15) is 0 Å². The monoisotopic (exact) mass is 290 g/mol. The van der Waals surface area contributed by atoms with Gasteiger partial charge in [0.2, 0.25) is 0 Å². The highest BCUT2D eigenvalue weighted by atomic mass is 16.3. The SMILES string of the molecule is C=CC(C)(O)CC[C@H]1C(C)=CCC2C(C)(C)CCC[C@@]21C. The summed E-state index contributed by atoms with van der Waals surface area (Å²) in [6.07, 6.45) is 11.3. The maximum Gasteiger partial charge on any atom is 0.0797 e. The fourth-order valence-electron chi connectivity index (χ4n) is 5.23. The lowest BCUT2D eigenvalue weighted by molar-refractivity contribution is -0.0440. The van der Waals surface area contributed by atoms with E-state index in [4.69, 9.17) is 0 Å². The van der Waals surface area contributed by atoms with Crippen LogP contribution in [0.15, 0.2) is 24.3 Å². The summed E-state index contributed by atoms with van der Waals surface area (Å²) in [4.78, 5) is 0. The lowest BCUT2D eigenvalue weighted by atomic mass is 9.48. The molecule has 0 amide bonds. The molecule has 0 aromatic carbocycles. The second-order valence-electron chi connectivity index (χ2n) is 8.74. The van der Waals surface area contributed by atoms with Gasteiger partial charge >= 0.3 is 0 Å². The zero-order valence-corrected chi connectivity index (χ0v) is 14.7. The van der Waals surface area contributed by atoms with Crippen LogP contribution in [0.25, 0.3) is 0 Å². The average Bonchev–Trinajstić information content (AvgIpc) is 2.36. The van der Waals surface area contributed by atoms with Gasteiger partial charge in [-0.05, 0) is 68.6 Å². The lowest BCUT2D eigenvalue weighted by Crippen LogP contribution is -2.48. The topological polar surface area (TPSA) is 20.2 Å². The zero-order valence-electron chi connectivity index (χ0n) is 14.7. The van der Waals surface area contributed by atoms with Crippen molar-refractivity contribution in [2.75, 3.05) is 0 Å². The van der Waals surface area contributed by atoms with Crippen LogP contribution in [0.1, 0.15) is 73.1 Å². The summed E-state index contributed by atoms with van der Waals surface area (Å²) in [5.41, 5.74) is 1.67. The molecule has 0 heterocycles. The molecule has 0 aromatic heterocycles. The van der Waals surface area contributed by atoms with Crippen LogP contribution in [0.4, 0.5) is 0 Å². The van der Waals surface area contributed by atoms with Gasteiger partial charge in [0.15, 0.2) is 0 Å². The highest BCUT2D eigenvalue weighted by molar-refractivity contribution is 5.18. The molecule has 21 heavy (non-hydrogen) atoms. The van der Waals surface area contributed by atoms with Crippen LogP contribution >= 0.6 is 0 Å². The van der Waals surface area contributed by atoms with Gasteiger partial charge in [-0.2, -0.15) is 0 Å². The van der Waals surface area contributed by atoms with Gasteiger partial charge in [-0.25, -0.2) is 0 Å². The van der Waals surface area contributed by atoms with E-state index in [-0.39, 0.29) is 0 Å². The van der Waals surface area contributed by atoms with Crippen LogP contribution in [-0.2, 0) is 0 Å². The maximum absolute atomic E-state index is 10.3. The summed E-state index contributed by atoms with van der Waals surface area (Å²) in [6.45, 7) is 15.4. The van der Waals surface area contributed by atoms with E-state index in [0.29, 0.717) is 16.7 Å². The largest absolute Gasteiger partial charge is 0.386 e. The molecule has 0 radical (unpaired) electrons. The molecule has 1 N–H and O–H groups in total. The maximum atomic E-state index is 10.3. The Balaban J connectivity index is 2.24. The number of aliphatic hydroxyl groups is 1. The molecule has 0 bridgehead atoms. The average molecular weight is 290 g/mol. The highest BCUT2D eigenvalue weighted by Gasteiger charge is 2.51. The molecule has 0 aromatic rings. The lowest BCUT2D eigenvalue weighted by Gasteiger charge is -2.57. The number of allylic oxidation sites excluding steroid dienone is 2. The van der Waals surface area contributed by atoms with Gasteiger partial charge in [0.05, 0.1) is 5.60 Å². The summed E-state index contributed by atoms with van der Waals surface area (Å²) in [5, 5.41) is 10.3. The Bertz CT molecular complexity index is 429. The molecule has 2 aliphatic carbocycles. The zero-order chi connectivity index (χ0) is 15.9. The third-order valence-corrected chi connectivity index (χ3v) is 6.68. The predicted octanol–water partition coefficient (Wildman–Crippen LogP) is 5.50. The van der Waals surface area contributed by atoms with Crippen molar-refractivity contribution >= 4 is 0 Å². The van der Waals surface area contributed by atoms with Crippen molar-refractivity contribution in [1.82, 2.24) is 0 Å². The predicted molar refractivity (Wildman–Crippen MR) is 91.1 cm³/mol. The highest BCUT2D eigenvalue weighted by Crippen LogP contribution is 2.60. The molecule has 1 saturated carbocycles. The van der Waals surface area contributed by atoms with Crippen LogP contribution < -0.4 is 0 Å². The Hall–Kier alpha value is -0.560. The van der Waals surface area contributed by atoms with E-state index >= 15 is 0 Å². The molecule has 2 aliphatic rings. The van der Waals surface area contributed by atoms with Crippen molar-refractivity contribution in [3.05, 3.63) is 24.3 Å². The Morgan fingerprint density at radius 1 is 1.38 bits per heavy atom. The first kappa shape index (κ1) is 16.8. The Morgan fingerprint density at radius 2 is 2.05 bits per heavy atom. The minimum absolute atomic E-state index is 0.401. The number of fused-ring (bicyclic) bond motifs is 1. The summed E-state index contributed by atoms with van der Waals surface area (Å²) >= 11 is 0. The molecule has 2 rings (SSSR count). The van der Waals surface area contributed by atoms with Crippen molar-refractivity contribution < 1.29 is 5.11 Å². The fraction of sp³-hybridized carbons (Fsp3) is 0.800. The second kappa shape index (κ2) is 5.57. The van der Waals surface area contributed by atoms with E-state index in [1.807, 2.05) is 6.92 Å². The summed E-state index contributed by atoms with van der Waals surface area (Å²) in [6, 6.07) is 0. The molecule has 0 aliphatic heterocycles.